The Labute approximate surface area is 166 Å². The van der Waals surface area contributed by atoms with E-state index in [0.29, 0.717) is 6.61 Å². The van der Waals surface area contributed by atoms with Crippen LogP contribution in [0.5, 0.6) is 0 Å². The van der Waals surface area contributed by atoms with Gasteiger partial charge in [-0.15, -0.1) is 0 Å². The van der Waals surface area contributed by atoms with E-state index in [1.165, 1.54) is 57.8 Å². The summed E-state index contributed by atoms with van der Waals surface area (Å²) in [4.78, 5) is 25.2. The van der Waals surface area contributed by atoms with Gasteiger partial charge in [0.25, 0.3) is 0 Å². The number of hydrogen-bond acceptors (Lipinski definition) is 5. The molecule has 0 aromatic heterocycles. The highest BCUT2D eigenvalue weighted by Crippen LogP contribution is 2.10. The Morgan fingerprint density at radius 1 is 0.815 bits per heavy atom. The van der Waals surface area contributed by atoms with Crippen molar-refractivity contribution in [1.29, 1.82) is 0 Å². The van der Waals surface area contributed by atoms with Crippen molar-refractivity contribution in [3.63, 3.8) is 0 Å². The van der Waals surface area contributed by atoms with Gasteiger partial charge in [-0.2, -0.15) is 0 Å². The van der Waals surface area contributed by atoms with Crippen LogP contribution in [-0.2, 0) is 14.3 Å². The van der Waals surface area contributed by atoms with Gasteiger partial charge in [0.05, 0.1) is 13.0 Å². The van der Waals surface area contributed by atoms with Gasteiger partial charge in [-0.3, -0.25) is 15.0 Å². The molecule has 0 unspecified atom stereocenters. The molecule has 0 saturated carbocycles. The lowest BCUT2D eigenvalue weighted by Gasteiger charge is -2.10. The molecule has 160 valence electrons. The normalized spacial score (nSPS) is 11.0. The third-order valence-corrected chi connectivity index (χ3v) is 4.45. The number of esters is 1. The molecule has 2 N–H and O–H groups in total. The standard InChI is InChI=1S/C21H43N3O3/c1-4-5-6-7-8-9-10-11-12-13-17-22-23-20(25)15-16-21(26)27-19-14-18-24(2)3/h22H,4-19H2,1-3H3,(H,23,25). The Hall–Kier alpha value is -1.14. The molecule has 0 rings (SSSR count). The van der Waals surface area contributed by atoms with Gasteiger partial charge in [0.1, 0.15) is 0 Å². The van der Waals surface area contributed by atoms with Gasteiger partial charge in [0, 0.05) is 19.5 Å². The van der Waals surface area contributed by atoms with Gasteiger partial charge in [-0.05, 0) is 26.9 Å². The predicted octanol–water partition coefficient (Wildman–Crippen LogP) is 3.80. The molecule has 0 aromatic carbocycles. The molecule has 27 heavy (non-hydrogen) atoms. The number of nitrogens with one attached hydrogen (secondary N) is 2. The average molecular weight is 386 g/mol. The van der Waals surface area contributed by atoms with Crippen LogP contribution in [-0.4, -0.2) is 50.6 Å². The van der Waals surface area contributed by atoms with E-state index in [1.807, 2.05) is 19.0 Å². The first kappa shape index (κ1) is 25.9. The van der Waals surface area contributed by atoms with Crippen LogP contribution in [0.15, 0.2) is 0 Å². The molecule has 0 radical (unpaired) electrons. The molecule has 0 heterocycles. The molecule has 0 aliphatic rings. The Kier molecular flexibility index (Phi) is 18.8. The first-order chi connectivity index (χ1) is 13.1. The summed E-state index contributed by atoms with van der Waals surface area (Å²) in [5, 5.41) is 0. The van der Waals surface area contributed by atoms with Crippen LogP contribution in [0.25, 0.3) is 0 Å². The topological polar surface area (TPSA) is 70.7 Å². The highest BCUT2D eigenvalue weighted by Gasteiger charge is 2.07. The fourth-order valence-corrected chi connectivity index (χ4v) is 2.78. The van der Waals surface area contributed by atoms with Gasteiger partial charge in [-0.1, -0.05) is 64.7 Å². The first-order valence-electron chi connectivity index (χ1n) is 10.9. The van der Waals surface area contributed by atoms with E-state index in [-0.39, 0.29) is 24.7 Å². The van der Waals surface area contributed by atoms with Crippen LogP contribution < -0.4 is 10.9 Å². The molecule has 0 aliphatic heterocycles. The van der Waals surface area contributed by atoms with E-state index in [9.17, 15) is 9.59 Å². The van der Waals surface area contributed by atoms with Gasteiger partial charge >= 0.3 is 5.97 Å². The summed E-state index contributed by atoms with van der Waals surface area (Å²) in [7, 11) is 3.96. The number of nitrogens with zero attached hydrogens (tertiary/aromatic N) is 1. The second-order valence-corrected chi connectivity index (χ2v) is 7.53. The molecule has 0 spiro atoms. The van der Waals surface area contributed by atoms with Crippen molar-refractivity contribution in [3.8, 4) is 0 Å². The summed E-state index contributed by atoms with van der Waals surface area (Å²) in [5.74, 6) is -0.467. The van der Waals surface area contributed by atoms with Gasteiger partial charge in [-0.25, -0.2) is 5.43 Å². The van der Waals surface area contributed by atoms with E-state index in [0.717, 1.165) is 25.9 Å². The molecular formula is C21H43N3O3. The molecule has 0 saturated heterocycles. The van der Waals surface area contributed by atoms with Crippen LogP contribution in [0.1, 0.15) is 90.4 Å². The Bertz CT molecular complexity index is 363. The smallest absolute Gasteiger partial charge is 0.306 e. The lowest BCUT2D eigenvalue weighted by Crippen LogP contribution is -2.38. The first-order valence-corrected chi connectivity index (χ1v) is 10.9. The number of unbranched alkanes of at least 4 members (excludes halogenated alkanes) is 9. The zero-order chi connectivity index (χ0) is 20.2. The van der Waals surface area contributed by atoms with E-state index in [4.69, 9.17) is 4.74 Å². The third kappa shape index (κ3) is 21.0. The zero-order valence-electron chi connectivity index (χ0n) is 18.0. The van der Waals surface area contributed by atoms with E-state index < -0.39 is 0 Å². The summed E-state index contributed by atoms with van der Waals surface area (Å²) in [6.45, 7) is 4.32. The number of amides is 1. The van der Waals surface area contributed by atoms with Crippen LogP contribution in [0.2, 0.25) is 0 Å². The average Bonchev–Trinajstić information content (AvgIpc) is 2.64. The Morgan fingerprint density at radius 3 is 2.00 bits per heavy atom. The number of hydrazine groups is 1. The molecule has 0 aromatic rings. The number of hydrogen-bond donors (Lipinski definition) is 2. The minimum absolute atomic E-state index is 0.133. The van der Waals surface area contributed by atoms with Gasteiger partial charge in [0.15, 0.2) is 0 Å². The molecular weight excluding hydrogens is 342 g/mol. The number of rotatable bonds is 19. The van der Waals surface area contributed by atoms with Crippen molar-refractivity contribution < 1.29 is 14.3 Å². The summed E-state index contributed by atoms with van der Waals surface area (Å²) in [6, 6.07) is 0. The van der Waals surface area contributed by atoms with Crippen molar-refractivity contribution in [3.05, 3.63) is 0 Å². The molecule has 6 nitrogen and oxygen atoms in total. The molecule has 0 atom stereocenters. The van der Waals surface area contributed by atoms with Crippen molar-refractivity contribution in [2.45, 2.75) is 90.4 Å². The third-order valence-electron chi connectivity index (χ3n) is 4.45. The van der Waals surface area contributed by atoms with Crippen LogP contribution in [0.3, 0.4) is 0 Å². The van der Waals surface area contributed by atoms with E-state index in [1.54, 1.807) is 0 Å². The number of ether oxygens (including phenoxy) is 1. The second-order valence-electron chi connectivity index (χ2n) is 7.53. The Balaban J connectivity index is 3.31. The maximum Gasteiger partial charge on any atom is 0.306 e. The highest BCUT2D eigenvalue weighted by molar-refractivity contribution is 5.80. The quantitative estimate of drug-likeness (QED) is 0.201. The van der Waals surface area contributed by atoms with Crippen molar-refractivity contribution >= 4 is 11.9 Å². The van der Waals surface area contributed by atoms with E-state index >= 15 is 0 Å². The molecule has 0 fully saturated rings. The summed E-state index contributed by atoms with van der Waals surface area (Å²) >= 11 is 0. The van der Waals surface area contributed by atoms with Crippen LogP contribution in [0, 0.1) is 0 Å². The maximum atomic E-state index is 11.7. The highest BCUT2D eigenvalue weighted by atomic mass is 16.5. The van der Waals surface area contributed by atoms with Crippen molar-refractivity contribution in [2.75, 3.05) is 33.8 Å². The minimum Gasteiger partial charge on any atom is -0.466 e. The summed E-state index contributed by atoms with van der Waals surface area (Å²) in [6.07, 6.45) is 14.1. The second kappa shape index (κ2) is 19.6. The SMILES string of the molecule is CCCCCCCCCCCCNNC(=O)CCC(=O)OCCCN(C)C. The Morgan fingerprint density at radius 2 is 1.41 bits per heavy atom. The largest absolute Gasteiger partial charge is 0.466 e. The van der Waals surface area contributed by atoms with E-state index in [2.05, 4.69) is 17.8 Å². The fourth-order valence-electron chi connectivity index (χ4n) is 2.78. The number of carbonyl (C=O) groups excluding carboxylic acids is 2. The predicted molar refractivity (Wildman–Crippen MR) is 111 cm³/mol. The molecule has 0 bridgehead atoms. The molecule has 0 aliphatic carbocycles. The monoisotopic (exact) mass is 385 g/mol. The van der Waals surface area contributed by atoms with Crippen LogP contribution in [0.4, 0.5) is 0 Å². The van der Waals surface area contributed by atoms with Crippen molar-refractivity contribution in [1.82, 2.24) is 15.8 Å². The van der Waals surface area contributed by atoms with Crippen LogP contribution >= 0.6 is 0 Å². The fraction of sp³-hybridized carbons (Fsp3) is 0.905. The molecule has 1 amide bonds. The zero-order valence-corrected chi connectivity index (χ0v) is 18.0. The van der Waals surface area contributed by atoms with Gasteiger partial charge in [0.2, 0.25) is 5.91 Å². The summed E-state index contributed by atoms with van der Waals surface area (Å²) in [5.41, 5.74) is 5.59. The lowest BCUT2D eigenvalue weighted by molar-refractivity contribution is -0.145. The summed E-state index contributed by atoms with van der Waals surface area (Å²) < 4.78 is 5.09. The maximum absolute atomic E-state index is 11.7. The van der Waals surface area contributed by atoms with Crippen molar-refractivity contribution in [2.24, 2.45) is 0 Å². The lowest BCUT2D eigenvalue weighted by atomic mass is 10.1. The molecule has 6 heteroatoms. The minimum atomic E-state index is -0.307. The van der Waals surface area contributed by atoms with Gasteiger partial charge < -0.3 is 9.64 Å². The number of carbonyl (C=O) groups is 2.